The zero-order valence-electron chi connectivity index (χ0n) is 17.3. The summed E-state index contributed by atoms with van der Waals surface area (Å²) in [5.74, 6) is 0.190. The summed E-state index contributed by atoms with van der Waals surface area (Å²) in [5, 5.41) is 9.31. The van der Waals surface area contributed by atoms with Crippen LogP contribution in [0.15, 0.2) is 60.7 Å². The fraction of sp³-hybridized carbons (Fsp3) is 0.333. The molecule has 1 N–H and O–H groups in total. The predicted octanol–water partition coefficient (Wildman–Crippen LogP) is 4.46. The van der Waals surface area contributed by atoms with Gasteiger partial charge in [-0.05, 0) is 62.9 Å². The van der Waals surface area contributed by atoms with Crippen LogP contribution in [-0.2, 0) is 16.1 Å². The van der Waals surface area contributed by atoms with E-state index in [1.54, 1.807) is 55.5 Å². The van der Waals surface area contributed by atoms with Crippen molar-refractivity contribution < 1.29 is 28.9 Å². The van der Waals surface area contributed by atoms with Crippen LogP contribution in [0, 0.1) is 0 Å². The number of carbonyl (C=O) groups is 2. The van der Waals surface area contributed by atoms with Gasteiger partial charge in [0.2, 0.25) is 0 Å². The topological polar surface area (TPSA) is 82.1 Å². The smallest absolute Gasteiger partial charge is 0.343 e. The Morgan fingerprint density at radius 3 is 2.27 bits per heavy atom. The van der Waals surface area contributed by atoms with Gasteiger partial charge in [0.25, 0.3) is 0 Å². The molecule has 0 heterocycles. The molecule has 2 aromatic rings. The molecule has 0 fully saturated rings. The highest BCUT2D eigenvalue weighted by Gasteiger charge is 2.11. The SMILES string of the molecule is C=C(C)C(=O)OCCCCCCOc1ccc(C(=O)Oc2ccccc2CO)cc1. The van der Waals surface area contributed by atoms with Gasteiger partial charge >= 0.3 is 11.9 Å². The highest BCUT2D eigenvalue weighted by Crippen LogP contribution is 2.20. The molecular weight excluding hydrogens is 384 g/mol. The molecule has 0 radical (unpaired) electrons. The third-order valence-corrected chi connectivity index (χ3v) is 4.32. The van der Waals surface area contributed by atoms with Crippen LogP contribution in [0.2, 0.25) is 0 Å². The summed E-state index contributed by atoms with van der Waals surface area (Å²) in [6.07, 6.45) is 3.62. The van der Waals surface area contributed by atoms with E-state index in [2.05, 4.69) is 6.58 Å². The molecule has 0 aliphatic rings. The third kappa shape index (κ3) is 7.72. The van der Waals surface area contributed by atoms with Crippen molar-refractivity contribution in [2.75, 3.05) is 13.2 Å². The molecule has 0 atom stereocenters. The first-order valence-electron chi connectivity index (χ1n) is 9.97. The average molecular weight is 412 g/mol. The molecule has 160 valence electrons. The van der Waals surface area contributed by atoms with E-state index in [4.69, 9.17) is 14.2 Å². The summed E-state index contributed by atoms with van der Waals surface area (Å²) in [6, 6.07) is 13.6. The number of carbonyl (C=O) groups excluding carboxylic acids is 2. The van der Waals surface area contributed by atoms with Gasteiger partial charge < -0.3 is 19.3 Å². The van der Waals surface area contributed by atoms with Crippen molar-refractivity contribution >= 4 is 11.9 Å². The van der Waals surface area contributed by atoms with Crippen LogP contribution in [-0.4, -0.2) is 30.3 Å². The third-order valence-electron chi connectivity index (χ3n) is 4.32. The Morgan fingerprint density at radius 1 is 0.933 bits per heavy atom. The van der Waals surface area contributed by atoms with Crippen molar-refractivity contribution in [2.45, 2.75) is 39.2 Å². The van der Waals surface area contributed by atoms with E-state index >= 15 is 0 Å². The van der Waals surface area contributed by atoms with Gasteiger partial charge in [-0.1, -0.05) is 24.8 Å². The van der Waals surface area contributed by atoms with Crippen LogP contribution < -0.4 is 9.47 Å². The van der Waals surface area contributed by atoms with Crippen molar-refractivity contribution in [2.24, 2.45) is 0 Å². The van der Waals surface area contributed by atoms with Crippen LogP contribution in [0.3, 0.4) is 0 Å². The molecule has 0 aliphatic carbocycles. The highest BCUT2D eigenvalue weighted by molar-refractivity contribution is 5.91. The second-order valence-electron chi connectivity index (χ2n) is 6.86. The van der Waals surface area contributed by atoms with Crippen LogP contribution >= 0.6 is 0 Å². The number of aliphatic hydroxyl groups excluding tert-OH is 1. The zero-order chi connectivity index (χ0) is 21.8. The lowest BCUT2D eigenvalue weighted by Crippen LogP contribution is -2.10. The predicted molar refractivity (Wildman–Crippen MR) is 114 cm³/mol. The number of ether oxygens (including phenoxy) is 3. The molecule has 0 amide bonds. The Kier molecular flexibility index (Phi) is 9.61. The Labute approximate surface area is 177 Å². The maximum Gasteiger partial charge on any atom is 0.343 e. The van der Waals surface area contributed by atoms with E-state index in [0.29, 0.717) is 41.4 Å². The van der Waals surface area contributed by atoms with Crippen LogP contribution in [0.4, 0.5) is 0 Å². The maximum absolute atomic E-state index is 12.3. The van der Waals surface area contributed by atoms with Crippen molar-refractivity contribution in [1.29, 1.82) is 0 Å². The minimum Gasteiger partial charge on any atom is -0.494 e. The molecule has 0 unspecified atom stereocenters. The second-order valence-corrected chi connectivity index (χ2v) is 6.86. The summed E-state index contributed by atoms with van der Waals surface area (Å²) in [5.41, 5.74) is 1.37. The van der Waals surface area contributed by atoms with Gasteiger partial charge in [0.05, 0.1) is 25.4 Å². The largest absolute Gasteiger partial charge is 0.494 e. The minimum atomic E-state index is -0.491. The molecule has 6 heteroatoms. The van der Waals surface area contributed by atoms with Gasteiger partial charge in [-0.3, -0.25) is 0 Å². The van der Waals surface area contributed by atoms with E-state index in [1.165, 1.54) is 0 Å². The number of esters is 2. The normalized spacial score (nSPS) is 10.3. The molecule has 0 aromatic heterocycles. The number of hydrogen-bond donors (Lipinski definition) is 1. The van der Waals surface area contributed by atoms with Crippen LogP contribution in [0.1, 0.15) is 48.5 Å². The molecule has 2 aromatic carbocycles. The van der Waals surface area contributed by atoms with Crippen molar-refractivity contribution in [1.82, 2.24) is 0 Å². The molecule has 0 saturated heterocycles. The van der Waals surface area contributed by atoms with Gasteiger partial charge in [0.15, 0.2) is 0 Å². The fourth-order valence-corrected chi connectivity index (χ4v) is 2.62. The quantitative estimate of drug-likeness (QED) is 0.240. The Bertz CT molecular complexity index is 841. The fourth-order valence-electron chi connectivity index (χ4n) is 2.62. The van der Waals surface area contributed by atoms with Gasteiger partial charge in [0, 0.05) is 11.1 Å². The van der Waals surface area contributed by atoms with Crippen LogP contribution in [0.25, 0.3) is 0 Å². The summed E-state index contributed by atoms with van der Waals surface area (Å²) in [6.45, 7) is 5.95. The number of aliphatic hydroxyl groups is 1. The summed E-state index contributed by atoms with van der Waals surface area (Å²) in [7, 11) is 0. The zero-order valence-corrected chi connectivity index (χ0v) is 17.3. The van der Waals surface area contributed by atoms with Gasteiger partial charge in [0.1, 0.15) is 11.5 Å². The molecule has 6 nitrogen and oxygen atoms in total. The lowest BCUT2D eigenvalue weighted by atomic mass is 10.2. The van der Waals surface area contributed by atoms with E-state index in [-0.39, 0.29) is 12.6 Å². The number of hydrogen-bond acceptors (Lipinski definition) is 6. The van der Waals surface area contributed by atoms with Gasteiger partial charge in [-0.15, -0.1) is 0 Å². The molecule has 0 spiro atoms. The number of rotatable bonds is 12. The number of para-hydroxylation sites is 1. The average Bonchev–Trinajstić information content (AvgIpc) is 2.76. The van der Waals surface area contributed by atoms with E-state index in [9.17, 15) is 14.7 Å². The minimum absolute atomic E-state index is 0.199. The molecule has 2 rings (SSSR count). The lowest BCUT2D eigenvalue weighted by molar-refractivity contribution is -0.139. The van der Waals surface area contributed by atoms with E-state index in [0.717, 1.165) is 25.7 Å². The molecule has 0 aliphatic heterocycles. The first-order valence-corrected chi connectivity index (χ1v) is 9.97. The van der Waals surface area contributed by atoms with E-state index in [1.807, 2.05) is 0 Å². The standard InChI is InChI=1S/C24H28O6/c1-18(2)23(26)29-16-8-4-3-7-15-28-21-13-11-19(12-14-21)24(27)30-22-10-6-5-9-20(22)17-25/h5-6,9-14,25H,1,3-4,7-8,15-17H2,2H3. The molecule has 30 heavy (non-hydrogen) atoms. The second kappa shape index (κ2) is 12.4. The van der Waals surface area contributed by atoms with E-state index < -0.39 is 5.97 Å². The summed E-state index contributed by atoms with van der Waals surface area (Å²) in [4.78, 5) is 23.5. The van der Waals surface area contributed by atoms with Crippen molar-refractivity contribution in [3.8, 4) is 11.5 Å². The van der Waals surface area contributed by atoms with Crippen LogP contribution in [0.5, 0.6) is 11.5 Å². The Hall–Kier alpha value is -3.12. The first kappa shape index (κ1) is 23.2. The van der Waals surface area contributed by atoms with Gasteiger partial charge in [-0.25, -0.2) is 9.59 Å². The lowest BCUT2D eigenvalue weighted by Gasteiger charge is -2.09. The van der Waals surface area contributed by atoms with Crippen molar-refractivity contribution in [3.05, 3.63) is 71.8 Å². The monoisotopic (exact) mass is 412 g/mol. The molecule has 0 saturated carbocycles. The number of benzene rings is 2. The highest BCUT2D eigenvalue weighted by atomic mass is 16.5. The summed E-state index contributed by atoms with van der Waals surface area (Å²) < 4.78 is 16.1. The molecular formula is C24H28O6. The Morgan fingerprint density at radius 2 is 1.60 bits per heavy atom. The maximum atomic E-state index is 12.3. The Balaban J connectivity index is 1.66. The summed E-state index contributed by atoms with van der Waals surface area (Å²) >= 11 is 0. The molecule has 0 bridgehead atoms. The number of unbranched alkanes of at least 4 members (excludes halogenated alkanes) is 3. The van der Waals surface area contributed by atoms with Gasteiger partial charge in [-0.2, -0.15) is 0 Å². The van der Waals surface area contributed by atoms with Crippen molar-refractivity contribution in [3.63, 3.8) is 0 Å². The first-order chi connectivity index (χ1) is 14.5.